The molecule has 0 unspecified atom stereocenters. The molecule has 1 aliphatic heterocycles. The van der Waals surface area contributed by atoms with Crippen LogP contribution in [0.25, 0.3) is 0 Å². The number of hydrogen-bond donors (Lipinski definition) is 0. The molecule has 0 aromatic heterocycles. The molecule has 2 aromatic carbocycles. The van der Waals surface area contributed by atoms with Crippen LogP contribution in [-0.2, 0) is 32.5 Å². The minimum atomic E-state index is -3.60. The molecule has 0 radical (unpaired) electrons. The number of benzene rings is 2. The normalized spacial score (nSPS) is 15.3. The summed E-state index contributed by atoms with van der Waals surface area (Å²) >= 11 is 0. The van der Waals surface area contributed by atoms with Gasteiger partial charge in [-0.1, -0.05) is 37.1 Å². The van der Waals surface area contributed by atoms with Crippen molar-refractivity contribution in [3.63, 3.8) is 0 Å². The number of Topliss-reactive ketones (excluding diaryl/α,β-unsaturated/α-hetero) is 2. The van der Waals surface area contributed by atoms with Crippen LogP contribution in [0.3, 0.4) is 0 Å². The number of sulfonamides is 1. The molecule has 6 nitrogen and oxygen atoms in total. The summed E-state index contributed by atoms with van der Waals surface area (Å²) in [4.78, 5) is 26.9. The molecule has 0 N–H and O–H groups in total. The fraction of sp³-hybridized carbons (Fsp3) is 0.462. The molecule has 1 saturated heterocycles. The maximum Gasteiger partial charge on any atom is 0.243 e. The first kappa shape index (κ1) is 26.2. The summed E-state index contributed by atoms with van der Waals surface area (Å²) in [6.45, 7) is 3.02. The maximum absolute atomic E-state index is 13.2. The van der Waals surface area contributed by atoms with Gasteiger partial charge in [-0.3, -0.25) is 14.5 Å². The number of hydrogen-bond acceptors (Lipinski definition) is 5. The summed E-state index contributed by atoms with van der Waals surface area (Å²) in [5.41, 5.74) is 2.04. The zero-order chi connectivity index (χ0) is 24.7. The molecule has 0 amide bonds. The number of nitrogens with zero attached hydrogens (tertiary/aromatic N) is 2. The zero-order valence-corrected chi connectivity index (χ0v) is 20.7. The van der Waals surface area contributed by atoms with E-state index in [0.29, 0.717) is 24.2 Å². The van der Waals surface area contributed by atoms with Gasteiger partial charge in [0.05, 0.1) is 18.0 Å². The third kappa shape index (κ3) is 7.29. The van der Waals surface area contributed by atoms with E-state index in [1.54, 1.807) is 53.5 Å². The van der Waals surface area contributed by atoms with Crippen LogP contribution in [0, 0.1) is 12.7 Å². The van der Waals surface area contributed by atoms with Gasteiger partial charge in [0.1, 0.15) is 5.82 Å². The summed E-state index contributed by atoms with van der Waals surface area (Å²) < 4.78 is 41.1. The highest BCUT2D eigenvalue weighted by Crippen LogP contribution is 2.24. The Balaban J connectivity index is 1.59. The summed E-state index contributed by atoms with van der Waals surface area (Å²) in [7, 11) is -1.90. The van der Waals surface area contributed by atoms with Crippen LogP contribution in [0.4, 0.5) is 4.39 Å². The number of carbonyl (C=O) groups excluding carboxylic acids is 2. The van der Waals surface area contributed by atoms with Crippen LogP contribution in [0.2, 0.25) is 0 Å². The van der Waals surface area contributed by atoms with E-state index in [2.05, 4.69) is 0 Å². The molecule has 0 spiro atoms. The number of halogens is 1. The first-order valence-electron chi connectivity index (χ1n) is 11.7. The third-order valence-corrected chi connectivity index (χ3v) is 8.08. The number of likely N-dealkylation sites (N-methyl/N-ethyl adjacent to an activating group) is 1. The lowest BCUT2D eigenvalue weighted by Gasteiger charge is -2.21. The second-order valence-corrected chi connectivity index (χ2v) is 11.1. The van der Waals surface area contributed by atoms with Gasteiger partial charge in [-0.05, 0) is 61.7 Å². The van der Waals surface area contributed by atoms with Gasteiger partial charge in [-0.2, -0.15) is 4.31 Å². The first-order valence-corrected chi connectivity index (χ1v) is 13.2. The largest absolute Gasteiger partial charge is 0.298 e. The minimum Gasteiger partial charge on any atom is -0.298 e. The second kappa shape index (κ2) is 11.8. The highest BCUT2D eigenvalue weighted by Gasteiger charge is 2.27. The Bertz CT molecular complexity index is 1110. The van der Waals surface area contributed by atoms with Crippen LogP contribution in [0.1, 0.15) is 42.4 Å². The topological polar surface area (TPSA) is 74.8 Å². The Morgan fingerprint density at radius 1 is 0.882 bits per heavy atom. The first-order chi connectivity index (χ1) is 16.1. The maximum atomic E-state index is 13.2. The molecule has 2 aromatic rings. The second-order valence-electron chi connectivity index (χ2n) is 9.15. The Morgan fingerprint density at radius 3 is 2.00 bits per heavy atom. The van der Waals surface area contributed by atoms with Gasteiger partial charge in [0.15, 0.2) is 11.6 Å². The van der Waals surface area contributed by atoms with E-state index in [9.17, 15) is 22.4 Å². The van der Waals surface area contributed by atoms with Crippen LogP contribution in [0.5, 0.6) is 0 Å². The quantitative estimate of drug-likeness (QED) is 0.511. The molecule has 0 bridgehead atoms. The zero-order valence-electron chi connectivity index (χ0n) is 19.9. The van der Waals surface area contributed by atoms with Crippen LogP contribution in [-0.4, -0.2) is 62.4 Å². The molecule has 1 heterocycles. The summed E-state index contributed by atoms with van der Waals surface area (Å²) in [5, 5.41) is 0. The predicted molar refractivity (Wildman–Crippen MR) is 130 cm³/mol. The summed E-state index contributed by atoms with van der Waals surface area (Å²) in [6.07, 6.45) is 4.08. The van der Waals surface area contributed by atoms with Gasteiger partial charge < -0.3 is 0 Å². The predicted octanol–water partition coefficient (Wildman–Crippen LogP) is 3.55. The highest BCUT2D eigenvalue weighted by atomic mass is 32.2. The molecule has 1 aliphatic rings. The average Bonchev–Trinajstić information content (AvgIpc) is 3.06. The standard InChI is InChI=1S/C26H33FN2O4S/c1-20-7-8-22(17-26(20)34(32,33)29-13-5-3-4-6-14-29)16-25(31)19-28(2)18-24(30)15-21-9-11-23(27)12-10-21/h7-12,17H,3-6,13-16,18-19H2,1-2H3. The molecule has 8 heteroatoms. The molecular weight excluding hydrogens is 455 g/mol. The van der Waals surface area contributed by atoms with Crippen LogP contribution < -0.4 is 0 Å². The Labute approximate surface area is 201 Å². The smallest absolute Gasteiger partial charge is 0.243 e. The van der Waals surface area contributed by atoms with Gasteiger partial charge in [0, 0.05) is 25.9 Å². The molecule has 0 aliphatic carbocycles. The molecule has 3 rings (SSSR count). The van der Waals surface area contributed by atoms with E-state index in [-0.39, 0.29) is 48.2 Å². The van der Waals surface area contributed by atoms with E-state index in [1.165, 1.54) is 12.1 Å². The fourth-order valence-electron chi connectivity index (χ4n) is 4.28. The van der Waals surface area contributed by atoms with Crippen LogP contribution >= 0.6 is 0 Å². The lowest BCUT2D eigenvalue weighted by molar-refractivity contribution is -0.121. The molecular formula is C26H33FN2O4S. The van der Waals surface area contributed by atoms with E-state index < -0.39 is 10.0 Å². The van der Waals surface area contributed by atoms with Crippen molar-refractivity contribution >= 4 is 21.6 Å². The van der Waals surface area contributed by atoms with E-state index in [4.69, 9.17) is 0 Å². The minimum absolute atomic E-state index is 0.0666. The van der Waals surface area contributed by atoms with E-state index in [0.717, 1.165) is 31.2 Å². The number of ketones is 2. The van der Waals surface area contributed by atoms with Gasteiger partial charge in [0.2, 0.25) is 10.0 Å². The van der Waals surface area contributed by atoms with Crippen molar-refractivity contribution < 1.29 is 22.4 Å². The van der Waals surface area contributed by atoms with Crippen LogP contribution in [0.15, 0.2) is 47.4 Å². The van der Waals surface area contributed by atoms with Crippen molar-refractivity contribution in [2.75, 3.05) is 33.2 Å². The lowest BCUT2D eigenvalue weighted by atomic mass is 10.1. The summed E-state index contributed by atoms with van der Waals surface area (Å²) in [5.74, 6) is -0.514. The van der Waals surface area contributed by atoms with Crippen molar-refractivity contribution in [1.29, 1.82) is 0 Å². The van der Waals surface area contributed by atoms with E-state index >= 15 is 0 Å². The Kier molecular flexibility index (Phi) is 9.10. The molecule has 0 saturated carbocycles. The highest BCUT2D eigenvalue weighted by molar-refractivity contribution is 7.89. The van der Waals surface area contributed by atoms with Crippen molar-refractivity contribution in [3.8, 4) is 0 Å². The third-order valence-electron chi connectivity index (χ3n) is 6.04. The average molecular weight is 489 g/mol. The molecule has 1 fully saturated rings. The van der Waals surface area contributed by atoms with Gasteiger partial charge >= 0.3 is 0 Å². The molecule has 0 atom stereocenters. The number of aryl methyl sites for hydroxylation is 1. The van der Waals surface area contributed by atoms with Crippen molar-refractivity contribution in [2.45, 2.75) is 50.3 Å². The monoisotopic (exact) mass is 488 g/mol. The number of rotatable bonds is 10. The lowest BCUT2D eigenvalue weighted by Crippen LogP contribution is -2.33. The van der Waals surface area contributed by atoms with E-state index in [1.807, 2.05) is 0 Å². The van der Waals surface area contributed by atoms with Crippen molar-refractivity contribution in [3.05, 3.63) is 65.0 Å². The summed E-state index contributed by atoms with van der Waals surface area (Å²) in [6, 6.07) is 10.9. The van der Waals surface area contributed by atoms with Crippen molar-refractivity contribution in [2.24, 2.45) is 0 Å². The van der Waals surface area contributed by atoms with Gasteiger partial charge in [-0.25, -0.2) is 12.8 Å². The van der Waals surface area contributed by atoms with Gasteiger partial charge in [-0.15, -0.1) is 0 Å². The van der Waals surface area contributed by atoms with Gasteiger partial charge in [0.25, 0.3) is 0 Å². The number of carbonyl (C=O) groups is 2. The Hall–Kier alpha value is -2.42. The SMILES string of the molecule is Cc1ccc(CC(=O)CN(C)CC(=O)Cc2ccc(F)cc2)cc1S(=O)(=O)N1CCCCCC1. The fourth-order valence-corrected chi connectivity index (χ4v) is 6.07. The van der Waals surface area contributed by atoms with Crippen molar-refractivity contribution in [1.82, 2.24) is 9.21 Å². The molecule has 34 heavy (non-hydrogen) atoms. The molecule has 184 valence electrons. The Morgan fingerprint density at radius 2 is 1.41 bits per heavy atom.